The predicted octanol–water partition coefficient (Wildman–Crippen LogP) is 4.04. The average Bonchev–Trinajstić information content (AvgIpc) is 3.51. The predicted molar refractivity (Wildman–Crippen MR) is 129 cm³/mol. The van der Waals surface area contributed by atoms with E-state index < -0.39 is 41.1 Å². The van der Waals surface area contributed by atoms with Gasteiger partial charge in [-0.05, 0) is 48.1 Å². The number of halogens is 6. The van der Waals surface area contributed by atoms with Gasteiger partial charge < -0.3 is 24.0 Å². The van der Waals surface area contributed by atoms with Crippen LogP contribution in [0, 0.1) is 5.92 Å². The van der Waals surface area contributed by atoms with Crippen LogP contribution in [0.25, 0.3) is 0 Å². The Morgan fingerprint density at radius 2 is 1.61 bits per heavy atom. The lowest BCUT2D eigenvalue weighted by atomic mass is 10.0. The van der Waals surface area contributed by atoms with E-state index in [0.717, 1.165) is 36.1 Å². The molecule has 1 aromatic heterocycles. The smallest absolute Gasteiger partial charge is 0.476 e. The number of esters is 1. The molecule has 0 spiro atoms. The summed E-state index contributed by atoms with van der Waals surface area (Å²) >= 11 is 0. The minimum atomic E-state index is -5.52. The number of nitrogens with zero attached hydrogens (tertiary/aromatic N) is 4. The van der Waals surface area contributed by atoms with Crippen molar-refractivity contribution in [1.29, 1.82) is 0 Å². The van der Waals surface area contributed by atoms with Gasteiger partial charge in [-0.3, -0.25) is 4.79 Å². The van der Waals surface area contributed by atoms with Gasteiger partial charge in [-0.1, -0.05) is 6.07 Å². The standard InChI is InChI=1S/C26H24F6N4O5/c27-25(28,29)22-18(2-1-3-19(22)41-24(38)26(30,31)32)23(37)36-12-16-10-35(11-17(16)13-36)20-4-5-21(34-33-20)40-14-15-6-8-39-9-7-15/h1-5,15H,6-14H2. The second-order valence-corrected chi connectivity index (χ2v) is 9.88. The van der Waals surface area contributed by atoms with Crippen molar-refractivity contribution in [2.24, 2.45) is 5.92 Å². The molecule has 2 aromatic rings. The van der Waals surface area contributed by atoms with E-state index in [2.05, 4.69) is 14.9 Å². The fraction of sp³-hybridized carbons (Fsp3) is 0.462. The number of benzene rings is 1. The summed E-state index contributed by atoms with van der Waals surface area (Å²) in [6.45, 7) is 2.72. The molecule has 3 aliphatic rings. The van der Waals surface area contributed by atoms with Gasteiger partial charge in [-0.2, -0.15) is 26.3 Å². The highest BCUT2D eigenvalue weighted by Crippen LogP contribution is 2.41. The Morgan fingerprint density at radius 3 is 2.20 bits per heavy atom. The summed E-state index contributed by atoms with van der Waals surface area (Å²) in [4.78, 5) is 27.4. The Labute approximate surface area is 229 Å². The van der Waals surface area contributed by atoms with Crippen molar-refractivity contribution >= 4 is 17.7 Å². The van der Waals surface area contributed by atoms with Gasteiger partial charge in [0.25, 0.3) is 5.91 Å². The number of ether oxygens (including phenoxy) is 3. The number of hydrogen-bond acceptors (Lipinski definition) is 8. The molecule has 1 saturated heterocycles. The Balaban J connectivity index is 1.22. The molecule has 1 fully saturated rings. The Hall–Kier alpha value is -3.88. The molecule has 0 unspecified atom stereocenters. The Bertz CT molecular complexity index is 1320. The number of carbonyl (C=O) groups is 2. The third kappa shape index (κ3) is 6.39. The van der Waals surface area contributed by atoms with Crippen molar-refractivity contribution < 1.29 is 50.1 Å². The highest BCUT2D eigenvalue weighted by molar-refractivity contribution is 5.97. The summed E-state index contributed by atoms with van der Waals surface area (Å²) in [5.41, 5.74) is -1.03. The molecule has 0 bridgehead atoms. The van der Waals surface area contributed by atoms with Gasteiger partial charge in [0.2, 0.25) is 5.88 Å². The third-order valence-corrected chi connectivity index (χ3v) is 7.05. The van der Waals surface area contributed by atoms with Crippen LogP contribution in [-0.4, -0.2) is 79.1 Å². The summed E-state index contributed by atoms with van der Waals surface area (Å²) in [6, 6.07) is 5.79. The van der Waals surface area contributed by atoms with Crippen LogP contribution < -0.4 is 14.4 Å². The first-order valence-electron chi connectivity index (χ1n) is 12.7. The Morgan fingerprint density at radius 1 is 0.927 bits per heavy atom. The van der Waals surface area contributed by atoms with E-state index in [1.165, 1.54) is 4.90 Å². The molecule has 220 valence electrons. The topological polar surface area (TPSA) is 94.1 Å². The van der Waals surface area contributed by atoms with E-state index in [0.29, 0.717) is 56.6 Å². The molecule has 41 heavy (non-hydrogen) atoms. The van der Waals surface area contributed by atoms with Crippen molar-refractivity contribution in [3.8, 4) is 11.6 Å². The maximum Gasteiger partial charge on any atom is 0.491 e. The zero-order chi connectivity index (χ0) is 29.4. The molecule has 3 aliphatic heterocycles. The molecule has 0 radical (unpaired) electrons. The van der Waals surface area contributed by atoms with Gasteiger partial charge in [0.05, 0.1) is 12.2 Å². The quantitative estimate of drug-likeness (QED) is 0.217. The molecule has 0 atom stereocenters. The van der Waals surface area contributed by atoms with Crippen molar-refractivity contribution in [1.82, 2.24) is 15.1 Å². The minimum absolute atomic E-state index is 0.0221. The molecule has 5 rings (SSSR count). The van der Waals surface area contributed by atoms with Crippen LogP contribution in [0.3, 0.4) is 0 Å². The van der Waals surface area contributed by atoms with Gasteiger partial charge in [0.15, 0.2) is 5.82 Å². The zero-order valence-corrected chi connectivity index (χ0v) is 21.4. The number of aromatic nitrogens is 2. The maximum absolute atomic E-state index is 13.9. The van der Waals surface area contributed by atoms with E-state index >= 15 is 0 Å². The highest BCUT2D eigenvalue weighted by atomic mass is 19.4. The maximum atomic E-state index is 13.9. The number of carbonyl (C=O) groups excluding carboxylic acids is 2. The summed E-state index contributed by atoms with van der Waals surface area (Å²) < 4.78 is 94.5. The lowest BCUT2D eigenvalue weighted by molar-refractivity contribution is -0.190. The first kappa shape index (κ1) is 28.6. The summed E-state index contributed by atoms with van der Waals surface area (Å²) in [5, 5.41) is 8.34. The molecular formula is C26H24F6N4O5. The van der Waals surface area contributed by atoms with Gasteiger partial charge in [-0.25, -0.2) is 4.79 Å². The number of rotatable bonds is 6. The lowest BCUT2D eigenvalue weighted by Crippen LogP contribution is -2.35. The number of amides is 1. The average molecular weight is 586 g/mol. The van der Waals surface area contributed by atoms with Crippen LogP contribution in [0.4, 0.5) is 32.2 Å². The van der Waals surface area contributed by atoms with Gasteiger partial charge in [-0.15, -0.1) is 10.2 Å². The first-order chi connectivity index (χ1) is 19.4. The lowest BCUT2D eigenvalue weighted by Gasteiger charge is -2.25. The normalized spacial score (nSPS) is 18.1. The molecule has 0 aliphatic carbocycles. The van der Waals surface area contributed by atoms with Crippen molar-refractivity contribution in [3.05, 3.63) is 52.6 Å². The van der Waals surface area contributed by atoms with Crippen molar-refractivity contribution in [3.63, 3.8) is 0 Å². The number of alkyl halides is 6. The van der Waals surface area contributed by atoms with Gasteiger partial charge in [0, 0.05) is 45.5 Å². The molecule has 4 heterocycles. The van der Waals surface area contributed by atoms with E-state index in [1.807, 2.05) is 4.90 Å². The van der Waals surface area contributed by atoms with Crippen LogP contribution in [-0.2, 0) is 15.7 Å². The molecule has 0 N–H and O–H groups in total. The molecular weight excluding hydrogens is 562 g/mol. The second-order valence-electron chi connectivity index (χ2n) is 9.88. The second kappa shape index (κ2) is 11.2. The number of anilines is 1. The van der Waals surface area contributed by atoms with E-state index in [1.54, 1.807) is 12.1 Å². The van der Waals surface area contributed by atoms with Gasteiger partial charge >= 0.3 is 18.3 Å². The molecule has 1 aromatic carbocycles. The van der Waals surface area contributed by atoms with Crippen LogP contribution in [0.2, 0.25) is 0 Å². The van der Waals surface area contributed by atoms with Crippen LogP contribution >= 0.6 is 0 Å². The molecule has 9 nitrogen and oxygen atoms in total. The van der Waals surface area contributed by atoms with Crippen LogP contribution in [0.15, 0.2) is 41.5 Å². The molecule has 1 amide bonds. The summed E-state index contributed by atoms with van der Waals surface area (Å²) in [5.74, 6) is -3.92. The van der Waals surface area contributed by atoms with E-state index in [4.69, 9.17) is 9.47 Å². The highest BCUT2D eigenvalue weighted by Gasteiger charge is 2.45. The fourth-order valence-corrected chi connectivity index (χ4v) is 4.98. The van der Waals surface area contributed by atoms with Gasteiger partial charge in [0.1, 0.15) is 11.3 Å². The number of hydrogen-bond donors (Lipinski definition) is 0. The third-order valence-electron chi connectivity index (χ3n) is 7.05. The zero-order valence-electron chi connectivity index (χ0n) is 21.4. The Kier molecular flexibility index (Phi) is 7.81. The SMILES string of the molecule is O=C(c1cccc(OC(=O)C(F)(F)F)c1C(F)(F)F)N1CC2=C(C1)CN(c1ccc(OCC3CCOCC3)nn1)C2. The van der Waals surface area contributed by atoms with Crippen molar-refractivity contribution in [2.45, 2.75) is 25.2 Å². The monoisotopic (exact) mass is 586 g/mol. The summed E-state index contributed by atoms with van der Waals surface area (Å²) in [6.07, 6.45) is -8.94. The van der Waals surface area contributed by atoms with E-state index in [9.17, 15) is 35.9 Å². The van der Waals surface area contributed by atoms with E-state index in [-0.39, 0.29) is 13.1 Å². The fourth-order valence-electron chi connectivity index (χ4n) is 4.98. The minimum Gasteiger partial charge on any atom is -0.476 e. The largest absolute Gasteiger partial charge is 0.491 e. The van der Waals surface area contributed by atoms with Crippen LogP contribution in [0.1, 0.15) is 28.8 Å². The van der Waals surface area contributed by atoms with Crippen molar-refractivity contribution in [2.75, 3.05) is 50.9 Å². The van der Waals surface area contributed by atoms with Crippen LogP contribution in [0.5, 0.6) is 11.6 Å². The molecule has 15 heteroatoms. The summed E-state index contributed by atoms with van der Waals surface area (Å²) in [7, 11) is 0. The first-order valence-corrected chi connectivity index (χ1v) is 12.7. The molecule has 0 saturated carbocycles.